The molecule has 0 bridgehead atoms. The van der Waals surface area contributed by atoms with Crippen molar-refractivity contribution >= 4 is 45.7 Å². The molecule has 2 aromatic carbocycles. The Labute approximate surface area is 148 Å². The molecule has 0 spiro atoms. The van der Waals surface area contributed by atoms with Crippen LogP contribution in [0.5, 0.6) is 11.5 Å². The van der Waals surface area contributed by atoms with Gasteiger partial charge in [0.1, 0.15) is 5.52 Å². The van der Waals surface area contributed by atoms with E-state index in [1.807, 2.05) is 0 Å². The van der Waals surface area contributed by atoms with Crippen LogP contribution in [0, 0.1) is 0 Å². The van der Waals surface area contributed by atoms with Crippen molar-refractivity contribution in [2.75, 3.05) is 5.32 Å². The van der Waals surface area contributed by atoms with E-state index >= 15 is 0 Å². The van der Waals surface area contributed by atoms with Gasteiger partial charge in [-0.1, -0.05) is 42.8 Å². The summed E-state index contributed by atoms with van der Waals surface area (Å²) in [6, 6.07) is 9.42. The maximum Gasteiger partial charge on any atom is 0.259 e. The molecule has 0 saturated heterocycles. The van der Waals surface area contributed by atoms with Gasteiger partial charge in [-0.25, -0.2) is 0 Å². The van der Waals surface area contributed by atoms with Crippen LogP contribution in [-0.4, -0.2) is 21.1 Å². The predicted octanol–water partition coefficient (Wildman–Crippen LogP) is 4.84. The van der Waals surface area contributed by atoms with Crippen molar-refractivity contribution in [3.05, 3.63) is 58.2 Å². The van der Waals surface area contributed by atoms with E-state index in [1.54, 1.807) is 18.2 Å². The molecule has 0 aliphatic heterocycles. The normalized spacial score (nSPS) is 10.2. The number of nitrogens with one attached hydrogen (secondary N) is 1. The topological polar surface area (TPSA) is 82.5 Å². The molecule has 1 amide bonds. The van der Waals surface area contributed by atoms with Crippen LogP contribution < -0.4 is 5.32 Å². The van der Waals surface area contributed by atoms with E-state index < -0.39 is 5.91 Å². The lowest BCUT2D eigenvalue weighted by atomic mass is 10.1. The van der Waals surface area contributed by atoms with Gasteiger partial charge in [-0.3, -0.25) is 9.78 Å². The van der Waals surface area contributed by atoms with Crippen LogP contribution in [0.2, 0.25) is 10.0 Å². The minimum atomic E-state index is -0.548. The number of benzene rings is 2. The largest absolute Gasteiger partial charge is 0.505 e. The lowest BCUT2D eigenvalue weighted by Crippen LogP contribution is -2.12. The third kappa shape index (κ3) is 3.22. The van der Waals surface area contributed by atoms with E-state index in [0.29, 0.717) is 11.2 Å². The monoisotopic (exact) mass is 364 g/mol. The predicted molar refractivity (Wildman–Crippen MR) is 96.2 cm³/mol. The van der Waals surface area contributed by atoms with Crippen molar-refractivity contribution in [1.82, 2.24) is 4.98 Å². The van der Waals surface area contributed by atoms with Crippen molar-refractivity contribution in [2.24, 2.45) is 0 Å². The maximum atomic E-state index is 12.3. The molecule has 0 unspecified atom stereocenters. The number of carbonyl (C=O) groups excluding carboxylic acids is 1. The molecule has 0 atom stereocenters. The van der Waals surface area contributed by atoms with Gasteiger partial charge in [-0.05, 0) is 24.3 Å². The summed E-state index contributed by atoms with van der Waals surface area (Å²) in [5.41, 5.74) is 0.696. The van der Waals surface area contributed by atoms with E-state index in [0.717, 1.165) is 5.39 Å². The van der Waals surface area contributed by atoms with E-state index in [9.17, 15) is 15.0 Å². The maximum absolute atomic E-state index is 12.3. The van der Waals surface area contributed by atoms with Gasteiger partial charge in [0.05, 0.1) is 15.6 Å². The number of pyridine rings is 1. The second-order valence-electron chi connectivity index (χ2n) is 4.78. The number of hydrogen-bond donors (Lipinski definition) is 3. The summed E-state index contributed by atoms with van der Waals surface area (Å²) in [6.07, 6.45) is 1.53. The quantitative estimate of drug-likeness (QED) is 0.568. The summed E-state index contributed by atoms with van der Waals surface area (Å²) >= 11 is 11.6. The summed E-state index contributed by atoms with van der Waals surface area (Å²) in [6.45, 7) is 0. The number of aromatic nitrogens is 1. The molecule has 24 heavy (non-hydrogen) atoms. The molecule has 124 valence electrons. The number of rotatable bonds is 2. The number of halogens is 2. The highest BCUT2D eigenvalue weighted by Gasteiger charge is 2.16. The number of fused-ring (bicyclic) bond motifs is 1. The fraction of sp³-hybridized carbons (Fsp3) is 0.0588. The smallest absolute Gasteiger partial charge is 0.259 e. The zero-order valence-corrected chi connectivity index (χ0v) is 13.1. The number of nitrogens with zero attached hydrogens (tertiary/aromatic N) is 1. The highest BCUT2D eigenvalue weighted by atomic mass is 35.5. The zero-order chi connectivity index (χ0) is 16.6. The average molecular weight is 365 g/mol. The van der Waals surface area contributed by atoms with Crippen molar-refractivity contribution in [3.63, 3.8) is 0 Å². The van der Waals surface area contributed by atoms with E-state index in [2.05, 4.69) is 10.3 Å². The minimum Gasteiger partial charge on any atom is -0.505 e. The molecule has 5 nitrogen and oxygen atoms in total. The van der Waals surface area contributed by atoms with Gasteiger partial charge < -0.3 is 15.5 Å². The molecule has 1 heterocycles. The van der Waals surface area contributed by atoms with Gasteiger partial charge in [-0.2, -0.15) is 0 Å². The van der Waals surface area contributed by atoms with Crippen molar-refractivity contribution < 1.29 is 15.0 Å². The summed E-state index contributed by atoms with van der Waals surface area (Å²) in [5.74, 6) is -1.02. The fourth-order valence-electron chi connectivity index (χ4n) is 2.15. The van der Waals surface area contributed by atoms with Crippen molar-refractivity contribution in [1.29, 1.82) is 0 Å². The summed E-state index contributed by atoms with van der Waals surface area (Å²) in [7, 11) is 0. The number of phenolic OH excluding ortho intramolecular Hbond substituents is 2. The summed E-state index contributed by atoms with van der Waals surface area (Å²) in [5, 5.41) is 23.1. The Morgan fingerprint density at radius 3 is 2.38 bits per heavy atom. The van der Waals surface area contributed by atoms with Crippen molar-refractivity contribution in [2.45, 2.75) is 7.43 Å². The number of aromatic hydroxyl groups is 2. The first-order valence-electron chi connectivity index (χ1n) is 6.53. The lowest BCUT2D eigenvalue weighted by Gasteiger charge is -2.10. The molecule has 3 N–H and O–H groups in total. The summed E-state index contributed by atoms with van der Waals surface area (Å²) < 4.78 is 0. The van der Waals surface area contributed by atoms with Crippen molar-refractivity contribution in [3.8, 4) is 11.5 Å². The van der Waals surface area contributed by atoms with E-state index in [-0.39, 0.29) is 34.5 Å². The Bertz CT molecular complexity index is 906. The number of hydrogen-bond acceptors (Lipinski definition) is 4. The third-order valence-electron chi connectivity index (χ3n) is 3.27. The number of carbonyl (C=O) groups is 1. The first-order chi connectivity index (χ1) is 11.0. The minimum absolute atomic E-state index is 0. The SMILES string of the molecule is C.O=C(Nc1cc(Cl)c(O)c(Cl)c1)c1ccc2cccnc2c1O. The Hall–Kier alpha value is -2.50. The molecular weight excluding hydrogens is 351 g/mol. The Morgan fingerprint density at radius 1 is 1.04 bits per heavy atom. The van der Waals surface area contributed by atoms with Gasteiger partial charge in [-0.15, -0.1) is 0 Å². The lowest BCUT2D eigenvalue weighted by molar-refractivity contribution is 0.102. The molecule has 0 radical (unpaired) electrons. The molecule has 0 fully saturated rings. The van der Waals surface area contributed by atoms with Gasteiger partial charge >= 0.3 is 0 Å². The Kier molecular flexibility index (Phi) is 5.17. The molecule has 3 rings (SSSR count). The zero-order valence-electron chi connectivity index (χ0n) is 11.5. The second-order valence-corrected chi connectivity index (χ2v) is 5.59. The van der Waals surface area contributed by atoms with Gasteiger partial charge in [0.15, 0.2) is 11.5 Å². The van der Waals surface area contributed by atoms with Crippen LogP contribution in [0.4, 0.5) is 5.69 Å². The fourth-order valence-corrected chi connectivity index (χ4v) is 2.64. The first kappa shape index (κ1) is 17.8. The standard InChI is InChI=1S/C16H10Cl2N2O3.CH4/c17-11-6-9(7-12(18)15(11)22)20-16(23)10-4-3-8-2-1-5-19-13(8)14(10)21;/h1-7,21-22H,(H,20,23);1H4. The van der Waals surface area contributed by atoms with Gasteiger partial charge in [0.25, 0.3) is 5.91 Å². The summed E-state index contributed by atoms with van der Waals surface area (Å²) in [4.78, 5) is 16.4. The molecular formula is C17H14Cl2N2O3. The van der Waals surface area contributed by atoms with E-state index in [1.165, 1.54) is 24.4 Å². The molecule has 0 aliphatic rings. The molecule has 3 aromatic rings. The number of anilines is 1. The third-order valence-corrected chi connectivity index (χ3v) is 3.84. The molecule has 7 heteroatoms. The van der Waals surface area contributed by atoms with E-state index in [4.69, 9.17) is 23.2 Å². The van der Waals surface area contributed by atoms with Crippen LogP contribution in [0.25, 0.3) is 10.9 Å². The average Bonchev–Trinajstić information content (AvgIpc) is 2.53. The van der Waals surface area contributed by atoms with Crippen LogP contribution >= 0.6 is 23.2 Å². The first-order valence-corrected chi connectivity index (χ1v) is 7.29. The molecule has 1 aromatic heterocycles. The van der Waals surface area contributed by atoms with Gasteiger partial charge in [0, 0.05) is 17.3 Å². The van der Waals surface area contributed by atoms with Gasteiger partial charge in [0.2, 0.25) is 0 Å². The van der Waals surface area contributed by atoms with Crippen LogP contribution in [-0.2, 0) is 0 Å². The van der Waals surface area contributed by atoms with Crippen LogP contribution in [0.3, 0.4) is 0 Å². The number of amides is 1. The Morgan fingerprint density at radius 2 is 1.71 bits per heavy atom. The molecule has 0 saturated carbocycles. The highest BCUT2D eigenvalue weighted by Crippen LogP contribution is 2.35. The van der Waals surface area contributed by atoms with Crippen LogP contribution in [0.15, 0.2) is 42.6 Å². The molecule has 0 aliphatic carbocycles. The highest BCUT2D eigenvalue weighted by molar-refractivity contribution is 6.37. The van der Waals surface area contributed by atoms with Crippen LogP contribution in [0.1, 0.15) is 17.8 Å². The Balaban J connectivity index is 0.00000208. The number of phenols is 2. The second kappa shape index (κ2) is 6.95.